The fraction of sp³-hybridized carbons (Fsp3) is 0.556. The number of nitrogens with one attached hydrogen (secondary N) is 1. The lowest BCUT2D eigenvalue weighted by molar-refractivity contribution is -0.123. The minimum Gasteiger partial charge on any atom is -0.389 e. The fourth-order valence-electron chi connectivity index (χ4n) is 1.76. The summed E-state index contributed by atoms with van der Waals surface area (Å²) < 4.78 is 0. The number of nitrogens with two attached hydrogens (primary N) is 1. The molecule has 6 heteroatoms. The van der Waals surface area contributed by atoms with Crippen LogP contribution < -0.4 is 16.0 Å². The molecule has 1 saturated heterocycles. The first-order valence-corrected chi connectivity index (χ1v) is 5.79. The molecule has 5 nitrogen and oxygen atoms in total. The average Bonchev–Trinajstić information content (AvgIpc) is 2.64. The third kappa shape index (κ3) is 1.90. The van der Waals surface area contributed by atoms with E-state index >= 15 is 0 Å². The fourth-order valence-corrected chi connectivity index (χ4v) is 2.52. The summed E-state index contributed by atoms with van der Waals surface area (Å²) in [5.74, 6) is 0.0810. The predicted molar refractivity (Wildman–Crippen MR) is 61.0 cm³/mol. The highest BCUT2D eigenvalue weighted by Crippen LogP contribution is 2.27. The Hall–Kier alpha value is -1.30. The Morgan fingerprint density at radius 3 is 3.20 bits per heavy atom. The lowest BCUT2D eigenvalue weighted by atomic mass is 10.1. The van der Waals surface area contributed by atoms with Crippen LogP contribution in [0.1, 0.15) is 13.3 Å². The Morgan fingerprint density at radius 2 is 2.60 bits per heavy atom. The molecule has 15 heavy (non-hydrogen) atoms. The molecule has 2 rings (SSSR count). The van der Waals surface area contributed by atoms with Crippen molar-refractivity contribution in [1.29, 1.82) is 0 Å². The zero-order valence-corrected chi connectivity index (χ0v) is 9.38. The number of piperazine rings is 1. The van der Waals surface area contributed by atoms with Crippen LogP contribution in [-0.2, 0) is 4.79 Å². The van der Waals surface area contributed by atoms with E-state index < -0.39 is 0 Å². The van der Waals surface area contributed by atoms with E-state index in [-0.39, 0.29) is 11.9 Å². The minimum absolute atomic E-state index is 0.0810. The van der Waals surface area contributed by atoms with Crippen molar-refractivity contribution in [3.05, 3.63) is 6.20 Å². The Bertz CT molecular complexity index is 365. The molecule has 1 amide bonds. The first-order valence-electron chi connectivity index (χ1n) is 4.98. The molecule has 0 radical (unpaired) electrons. The lowest BCUT2D eigenvalue weighted by Crippen LogP contribution is -2.55. The standard InChI is InChI=1S/C9H14N4OS/c1-2-6-8(14)11-3-4-13(6)9-12-5-7(10)15-9/h5-6H,2-4,10H2,1H3,(H,11,14). The summed E-state index contributed by atoms with van der Waals surface area (Å²) >= 11 is 1.43. The average molecular weight is 226 g/mol. The maximum absolute atomic E-state index is 11.6. The van der Waals surface area contributed by atoms with Crippen LogP contribution in [0.15, 0.2) is 6.20 Å². The molecule has 0 saturated carbocycles. The third-order valence-corrected chi connectivity index (χ3v) is 3.34. The number of rotatable bonds is 2. The quantitative estimate of drug-likeness (QED) is 0.767. The summed E-state index contributed by atoms with van der Waals surface area (Å²) in [6, 6.07) is -0.107. The van der Waals surface area contributed by atoms with Gasteiger partial charge in [-0.25, -0.2) is 4.98 Å². The molecule has 1 aromatic rings. The van der Waals surface area contributed by atoms with Crippen molar-refractivity contribution < 1.29 is 4.79 Å². The van der Waals surface area contributed by atoms with E-state index in [9.17, 15) is 4.79 Å². The van der Waals surface area contributed by atoms with Crippen molar-refractivity contribution in [2.75, 3.05) is 23.7 Å². The molecule has 1 aliphatic rings. The second-order valence-electron chi connectivity index (χ2n) is 3.45. The van der Waals surface area contributed by atoms with Crippen molar-refractivity contribution in [2.24, 2.45) is 0 Å². The second kappa shape index (κ2) is 4.06. The van der Waals surface area contributed by atoms with Gasteiger partial charge in [0.25, 0.3) is 0 Å². The number of nitrogen functional groups attached to an aromatic ring is 1. The maximum Gasteiger partial charge on any atom is 0.242 e. The highest BCUT2D eigenvalue weighted by molar-refractivity contribution is 7.19. The van der Waals surface area contributed by atoms with Gasteiger partial charge in [-0.15, -0.1) is 0 Å². The first-order chi connectivity index (χ1) is 7.22. The Kier molecular flexibility index (Phi) is 2.77. The third-order valence-electron chi connectivity index (χ3n) is 2.47. The summed E-state index contributed by atoms with van der Waals surface area (Å²) in [4.78, 5) is 17.8. The van der Waals surface area contributed by atoms with Crippen LogP contribution in [-0.4, -0.2) is 30.0 Å². The van der Waals surface area contributed by atoms with E-state index in [1.807, 2.05) is 11.8 Å². The van der Waals surface area contributed by atoms with E-state index in [1.54, 1.807) is 6.20 Å². The zero-order chi connectivity index (χ0) is 10.8. The number of aromatic nitrogens is 1. The smallest absolute Gasteiger partial charge is 0.242 e. The molecule has 0 aliphatic carbocycles. The van der Waals surface area contributed by atoms with Crippen LogP contribution in [0.3, 0.4) is 0 Å². The number of thiazole rings is 1. The molecule has 1 aliphatic heterocycles. The summed E-state index contributed by atoms with van der Waals surface area (Å²) in [5.41, 5.74) is 5.64. The summed E-state index contributed by atoms with van der Waals surface area (Å²) in [6.45, 7) is 3.48. The van der Waals surface area contributed by atoms with Gasteiger partial charge in [-0.3, -0.25) is 4.79 Å². The normalized spacial score (nSPS) is 21.5. The van der Waals surface area contributed by atoms with E-state index in [0.717, 1.165) is 18.1 Å². The number of hydrogen-bond donors (Lipinski definition) is 2. The van der Waals surface area contributed by atoms with Gasteiger partial charge in [0.2, 0.25) is 5.91 Å². The van der Waals surface area contributed by atoms with Gasteiger partial charge in [-0.05, 0) is 6.42 Å². The molecule has 1 atom stereocenters. The van der Waals surface area contributed by atoms with E-state index in [0.29, 0.717) is 11.5 Å². The SMILES string of the molecule is CCC1C(=O)NCCN1c1ncc(N)s1. The van der Waals surface area contributed by atoms with Crippen molar-refractivity contribution in [3.8, 4) is 0 Å². The van der Waals surface area contributed by atoms with Crippen molar-refractivity contribution in [1.82, 2.24) is 10.3 Å². The van der Waals surface area contributed by atoms with Gasteiger partial charge in [-0.2, -0.15) is 0 Å². The molecular formula is C9H14N4OS. The molecule has 2 heterocycles. The summed E-state index contributed by atoms with van der Waals surface area (Å²) in [7, 11) is 0. The highest BCUT2D eigenvalue weighted by atomic mass is 32.1. The maximum atomic E-state index is 11.6. The van der Waals surface area contributed by atoms with Crippen LogP contribution in [0, 0.1) is 0 Å². The number of hydrogen-bond acceptors (Lipinski definition) is 5. The largest absolute Gasteiger partial charge is 0.389 e. The molecule has 1 fully saturated rings. The van der Waals surface area contributed by atoms with Crippen LogP contribution in [0.4, 0.5) is 10.1 Å². The summed E-state index contributed by atoms with van der Waals surface area (Å²) in [5, 5.41) is 4.38. The van der Waals surface area contributed by atoms with Gasteiger partial charge in [0.15, 0.2) is 5.13 Å². The van der Waals surface area contributed by atoms with Gasteiger partial charge in [0, 0.05) is 13.1 Å². The molecular weight excluding hydrogens is 212 g/mol. The van der Waals surface area contributed by atoms with Crippen LogP contribution in [0.25, 0.3) is 0 Å². The van der Waals surface area contributed by atoms with Gasteiger partial charge in [0.1, 0.15) is 11.0 Å². The minimum atomic E-state index is -0.107. The molecule has 1 unspecified atom stereocenters. The van der Waals surface area contributed by atoms with Crippen LogP contribution in [0.2, 0.25) is 0 Å². The number of carbonyl (C=O) groups is 1. The number of nitrogens with zero attached hydrogens (tertiary/aromatic N) is 2. The van der Waals surface area contributed by atoms with Crippen LogP contribution >= 0.6 is 11.3 Å². The summed E-state index contributed by atoms with van der Waals surface area (Å²) in [6.07, 6.45) is 2.42. The van der Waals surface area contributed by atoms with Crippen molar-refractivity contribution >= 4 is 27.4 Å². The molecule has 82 valence electrons. The number of amides is 1. The van der Waals surface area contributed by atoms with Crippen LogP contribution in [0.5, 0.6) is 0 Å². The zero-order valence-electron chi connectivity index (χ0n) is 8.56. The Morgan fingerprint density at radius 1 is 1.80 bits per heavy atom. The number of anilines is 2. The molecule has 0 aromatic carbocycles. The Labute approximate surface area is 92.3 Å². The molecule has 0 spiro atoms. The first kappa shape index (κ1) is 10.2. The highest BCUT2D eigenvalue weighted by Gasteiger charge is 2.29. The van der Waals surface area contributed by atoms with Crippen molar-refractivity contribution in [3.63, 3.8) is 0 Å². The van der Waals surface area contributed by atoms with E-state index in [2.05, 4.69) is 10.3 Å². The molecule has 1 aromatic heterocycles. The van der Waals surface area contributed by atoms with E-state index in [1.165, 1.54) is 11.3 Å². The predicted octanol–water partition coefficient (Wildman–Crippen LogP) is 0.440. The second-order valence-corrected chi connectivity index (χ2v) is 4.49. The van der Waals surface area contributed by atoms with Gasteiger partial charge in [-0.1, -0.05) is 18.3 Å². The van der Waals surface area contributed by atoms with Gasteiger partial charge in [0.05, 0.1) is 6.20 Å². The monoisotopic (exact) mass is 226 g/mol. The lowest BCUT2D eigenvalue weighted by Gasteiger charge is -2.34. The van der Waals surface area contributed by atoms with E-state index in [4.69, 9.17) is 5.73 Å². The van der Waals surface area contributed by atoms with Crippen molar-refractivity contribution in [2.45, 2.75) is 19.4 Å². The number of carbonyl (C=O) groups excluding carboxylic acids is 1. The van der Waals surface area contributed by atoms with Gasteiger partial charge >= 0.3 is 0 Å². The van der Waals surface area contributed by atoms with Gasteiger partial charge < -0.3 is 16.0 Å². The topological polar surface area (TPSA) is 71.2 Å². The Balaban J connectivity index is 2.22. The molecule has 0 bridgehead atoms. The molecule has 3 N–H and O–H groups in total.